The largest absolute Gasteiger partial charge is 0.497 e. The van der Waals surface area contributed by atoms with Gasteiger partial charge in [0.05, 0.1) is 13.7 Å². The fourth-order valence-corrected chi connectivity index (χ4v) is 2.51. The molecule has 4 heteroatoms. The molecule has 0 aromatic heterocycles. The van der Waals surface area contributed by atoms with Crippen LogP contribution in [0, 0.1) is 11.8 Å². The van der Waals surface area contributed by atoms with Crippen molar-refractivity contribution in [2.75, 3.05) is 25.6 Å². The summed E-state index contributed by atoms with van der Waals surface area (Å²) in [7, 11) is 1.67. The molecule has 0 atom stereocenters. The Bertz CT molecular complexity index is 812. The van der Waals surface area contributed by atoms with Crippen molar-refractivity contribution >= 4 is 17.7 Å². The van der Waals surface area contributed by atoms with Crippen LogP contribution in [0.25, 0.3) is 6.08 Å². The van der Waals surface area contributed by atoms with Crippen LogP contribution in [-0.4, -0.2) is 26.2 Å². The maximum Gasteiger partial charge on any atom is 0.330 e. The lowest BCUT2D eigenvalue weighted by atomic mass is 10.1. The Morgan fingerprint density at radius 2 is 1.75 bits per heavy atom. The van der Waals surface area contributed by atoms with Crippen molar-refractivity contribution < 1.29 is 14.3 Å². The van der Waals surface area contributed by atoms with Gasteiger partial charge in [-0.1, -0.05) is 24.3 Å². The molecule has 0 aliphatic carbocycles. The number of anilines is 1. The maximum absolute atomic E-state index is 11.3. The molecule has 1 N–H and O–H groups in total. The first-order valence-corrected chi connectivity index (χ1v) is 9.48. The summed E-state index contributed by atoms with van der Waals surface area (Å²) in [5, 5.41) is 3.35. The van der Waals surface area contributed by atoms with Crippen LogP contribution >= 0.6 is 0 Å². The fraction of sp³-hybridized carbons (Fsp3) is 0.292. The highest BCUT2D eigenvalue weighted by molar-refractivity contribution is 5.87. The summed E-state index contributed by atoms with van der Waals surface area (Å²) in [6.45, 7) is 2.97. The smallest absolute Gasteiger partial charge is 0.330 e. The minimum Gasteiger partial charge on any atom is -0.497 e. The van der Waals surface area contributed by atoms with E-state index in [-0.39, 0.29) is 5.97 Å². The van der Waals surface area contributed by atoms with Crippen molar-refractivity contribution in [2.24, 2.45) is 0 Å². The standard InChI is InChI=1S/C24H27NO3/c1-3-28-24(26)18-13-21-9-14-22(15-10-21)25-19-7-5-4-6-8-20-11-16-23(27-2)17-12-20/h9-18,25H,3,6-8,19H2,1-2H3. The van der Waals surface area contributed by atoms with E-state index >= 15 is 0 Å². The Hall–Kier alpha value is -3.19. The molecular formula is C24H27NO3. The number of carbonyl (C=O) groups is 1. The number of hydrogen-bond donors (Lipinski definition) is 1. The zero-order chi connectivity index (χ0) is 20.0. The molecule has 0 heterocycles. The van der Waals surface area contributed by atoms with Crippen molar-refractivity contribution in [3.05, 3.63) is 65.7 Å². The summed E-state index contributed by atoms with van der Waals surface area (Å²) >= 11 is 0. The molecule has 0 fully saturated rings. The Labute approximate surface area is 167 Å². The van der Waals surface area contributed by atoms with E-state index in [0.29, 0.717) is 6.61 Å². The van der Waals surface area contributed by atoms with Crippen molar-refractivity contribution in [1.29, 1.82) is 0 Å². The van der Waals surface area contributed by atoms with Gasteiger partial charge in [-0.25, -0.2) is 4.79 Å². The number of methoxy groups -OCH3 is 1. The van der Waals surface area contributed by atoms with Gasteiger partial charge in [0, 0.05) is 31.1 Å². The lowest BCUT2D eigenvalue weighted by Gasteiger charge is -2.04. The molecule has 2 aromatic carbocycles. The van der Waals surface area contributed by atoms with E-state index in [4.69, 9.17) is 9.47 Å². The number of rotatable bonds is 9. The monoisotopic (exact) mass is 377 g/mol. The van der Waals surface area contributed by atoms with Crippen molar-refractivity contribution in [3.8, 4) is 17.6 Å². The van der Waals surface area contributed by atoms with Crippen LogP contribution in [0.2, 0.25) is 0 Å². The van der Waals surface area contributed by atoms with Crippen LogP contribution < -0.4 is 10.1 Å². The van der Waals surface area contributed by atoms with E-state index in [2.05, 4.69) is 29.3 Å². The summed E-state index contributed by atoms with van der Waals surface area (Å²) in [6.07, 6.45) is 5.79. The summed E-state index contributed by atoms with van der Waals surface area (Å²) < 4.78 is 10.0. The SMILES string of the molecule is CCOC(=O)C=Cc1ccc(NCCC#CCCc2ccc(OC)cc2)cc1. The van der Waals surface area contributed by atoms with E-state index in [9.17, 15) is 4.79 Å². The molecular weight excluding hydrogens is 350 g/mol. The second kappa shape index (κ2) is 12.2. The third-order valence-electron chi connectivity index (χ3n) is 4.01. The lowest BCUT2D eigenvalue weighted by Crippen LogP contribution is -2.00. The minimum atomic E-state index is -0.324. The second-order valence-corrected chi connectivity index (χ2v) is 6.09. The quantitative estimate of drug-likeness (QED) is 0.298. The fourth-order valence-electron chi connectivity index (χ4n) is 2.51. The normalized spacial score (nSPS) is 10.2. The Kier molecular flexibility index (Phi) is 9.23. The van der Waals surface area contributed by atoms with Crippen LogP contribution in [0.5, 0.6) is 5.75 Å². The minimum absolute atomic E-state index is 0.324. The molecule has 0 saturated carbocycles. The molecule has 2 rings (SSSR count). The van der Waals surface area contributed by atoms with Crippen LogP contribution in [0.4, 0.5) is 5.69 Å². The average Bonchev–Trinajstić information content (AvgIpc) is 2.73. The predicted molar refractivity (Wildman–Crippen MR) is 114 cm³/mol. The first-order valence-electron chi connectivity index (χ1n) is 9.48. The zero-order valence-electron chi connectivity index (χ0n) is 16.5. The molecule has 0 spiro atoms. The summed E-state index contributed by atoms with van der Waals surface area (Å²) in [4.78, 5) is 11.3. The number of carbonyl (C=O) groups excluding carboxylic acids is 1. The number of ether oxygens (including phenoxy) is 2. The molecule has 28 heavy (non-hydrogen) atoms. The highest BCUT2D eigenvalue weighted by Crippen LogP contribution is 2.12. The average molecular weight is 377 g/mol. The Morgan fingerprint density at radius 1 is 1.04 bits per heavy atom. The van der Waals surface area contributed by atoms with Crippen LogP contribution in [0.1, 0.15) is 30.9 Å². The molecule has 0 aliphatic rings. The second-order valence-electron chi connectivity index (χ2n) is 6.09. The van der Waals surface area contributed by atoms with E-state index < -0.39 is 0 Å². The highest BCUT2D eigenvalue weighted by Gasteiger charge is 1.95. The molecule has 0 bridgehead atoms. The van der Waals surface area contributed by atoms with Crippen molar-refractivity contribution in [2.45, 2.75) is 26.2 Å². The number of hydrogen-bond acceptors (Lipinski definition) is 4. The Balaban J connectivity index is 1.65. The van der Waals surface area contributed by atoms with Crippen LogP contribution in [-0.2, 0) is 16.0 Å². The first-order chi connectivity index (χ1) is 13.7. The number of aryl methyl sites for hydroxylation is 1. The van der Waals surface area contributed by atoms with Gasteiger partial charge >= 0.3 is 5.97 Å². The summed E-state index contributed by atoms with van der Waals surface area (Å²) in [5.41, 5.74) is 3.26. The van der Waals surface area contributed by atoms with E-state index in [1.807, 2.05) is 36.4 Å². The summed E-state index contributed by atoms with van der Waals surface area (Å²) in [6, 6.07) is 16.0. The maximum atomic E-state index is 11.3. The van der Waals surface area contributed by atoms with Gasteiger partial charge in [0.25, 0.3) is 0 Å². The Morgan fingerprint density at radius 3 is 2.43 bits per heavy atom. The van der Waals surface area contributed by atoms with Crippen LogP contribution in [0.3, 0.4) is 0 Å². The first kappa shape index (κ1) is 21.1. The molecule has 4 nitrogen and oxygen atoms in total. The predicted octanol–water partition coefficient (Wildman–Crippen LogP) is 4.71. The molecule has 0 unspecified atom stereocenters. The third kappa shape index (κ3) is 8.01. The molecule has 0 aliphatic heterocycles. The molecule has 146 valence electrons. The van der Waals surface area contributed by atoms with Gasteiger partial charge in [-0.15, -0.1) is 11.8 Å². The molecule has 0 amide bonds. The van der Waals surface area contributed by atoms with Gasteiger partial charge < -0.3 is 14.8 Å². The van der Waals surface area contributed by atoms with Crippen molar-refractivity contribution in [3.63, 3.8) is 0 Å². The topological polar surface area (TPSA) is 47.6 Å². The number of esters is 1. The third-order valence-corrected chi connectivity index (χ3v) is 4.01. The highest BCUT2D eigenvalue weighted by atomic mass is 16.5. The molecule has 2 aromatic rings. The molecule has 0 saturated heterocycles. The van der Waals surface area contributed by atoms with Gasteiger partial charge in [0.1, 0.15) is 5.75 Å². The van der Waals surface area contributed by atoms with Gasteiger partial charge in [-0.3, -0.25) is 0 Å². The lowest BCUT2D eigenvalue weighted by molar-refractivity contribution is -0.137. The van der Waals surface area contributed by atoms with Gasteiger partial charge in [0.15, 0.2) is 0 Å². The van der Waals surface area contributed by atoms with Gasteiger partial charge in [-0.05, 0) is 54.8 Å². The van der Waals surface area contributed by atoms with Crippen LogP contribution in [0.15, 0.2) is 54.6 Å². The molecule has 0 radical (unpaired) electrons. The van der Waals surface area contributed by atoms with E-state index in [1.165, 1.54) is 11.6 Å². The zero-order valence-corrected chi connectivity index (χ0v) is 16.5. The van der Waals surface area contributed by atoms with Gasteiger partial charge in [-0.2, -0.15) is 0 Å². The van der Waals surface area contributed by atoms with Crippen molar-refractivity contribution in [1.82, 2.24) is 0 Å². The number of nitrogens with one attached hydrogen (secondary N) is 1. The van der Waals surface area contributed by atoms with E-state index in [0.717, 1.165) is 42.8 Å². The number of benzene rings is 2. The van der Waals surface area contributed by atoms with E-state index in [1.54, 1.807) is 20.1 Å². The summed E-state index contributed by atoms with van der Waals surface area (Å²) in [5.74, 6) is 6.98. The van der Waals surface area contributed by atoms with Gasteiger partial charge in [0.2, 0.25) is 0 Å².